The van der Waals surface area contributed by atoms with Crippen molar-refractivity contribution in [3.8, 4) is 0 Å². The van der Waals surface area contributed by atoms with Gasteiger partial charge in [0, 0.05) is 5.69 Å². The van der Waals surface area contributed by atoms with Gasteiger partial charge in [0.05, 0.1) is 0 Å². The van der Waals surface area contributed by atoms with Gasteiger partial charge in [-0.05, 0) is 32.9 Å². The first kappa shape index (κ1) is 14.6. The second-order valence-electron chi connectivity index (χ2n) is 2.78. The maximum absolute atomic E-state index is 5.36. The van der Waals surface area contributed by atoms with Gasteiger partial charge in [-0.25, -0.2) is 0 Å². The molecule has 0 fully saturated rings. The zero-order valence-electron chi connectivity index (χ0n) is 8.45. The van der Waals surface area contributed by atoms with E-state index in [-0.39, 0.29) is 12.4 Å². The Balaban J connectivity index is 0. The second-order valence-corrected chi connectivity index (χ2v) is 2.78. The molecule has 1 aromatic carbocycles. The summed E-state index contributed by atoms with van der Waals surface area (Å²) in [6, 6.07) is 9.49. The van der Waals surface area contributed by atoms with E-state index in [1.54, 1.807) is 0 Å². The van der Waals surface area contributed by atoms with Crippen molar-refractivity contribution in [3.63, 3.8) is 0 Å². The lowest BCUT2D eigenvalue weighted by atomic mass is 10.3. The minimum absolute atomic E-state index is 0. The van der Waals surface area contributed by atoms with Crippen molar-refractivity contribution in [2.45, 2.75) is 20.8 Å². The Morgan fingerprint density at radius 3 is 1.69 bits per heavy atom. The molecule has 0 saturated heterocycles. The molecule has 1 aromatic rings. The molecule has 13 heavy (non-hydrogen) atoms. The topological polar surface area (TPSA) is 26.0 Å². The fourth-order valence-electron chi connectivity index (χ4n) is 0.453. The highest BCUT2D eigenvalue weighted by Gasteiger charge is 1.72. The van der Waals surface area contributed by atoms with Gasteiger partial charge in [0.1, 0.15) is 0 Å². The van der Waals surface area contributed by atoms with Crippen molar-refractivity contribution < 1.29 is 0 Å². The van der Waals surface area contributed by atoms with Crippen LogP contribution in [0.1, 0.15) is 20.8 Å². The largest absolute Gasteiger partial charge is 0.399 e. The fourth-order valence-corrected chi connectivity index (χ4v) is 0.453. The third kappa shape index (κ3) is 11.0. The second kappa shape index (κ2) is 9.14. The number of para-hydroxylation sites is 1. The predicted molar refractivity (Wildman–Crippen MR) is 63.2 cm³/mol. The minimum atomic E-state index is 0. The molecule has 0 aliphatic rings. The number of benzene rings is 1. The van der Waals surface area contributed by atoms with Crippen molar-refractivity contribution in [3.05, 3.63) is 42.0 Å². The Bertz CT molecular complexity index is 225. The average Bonchev–Trinajstić information content (AvgIpc) is 2.07. The molecule has 0 amide bonds. The Labute approximate surface area is 87.1 Å². The molecule has 0 heterocycles. The summed E-state index contributed by atoms with van der Waals surface area (Å²) in [4.78, 5) is 0. The number of nitrogen functional groups attached to an aromatic ring is 1. The van der Waals surface area contributed by atoms with Crippen LogP contribution in [-0.2, 0) is 0 Å². The molecule has 0 aromatic heterocycles. The van der Waals surface area contributed by atoms with Crippen LogP contribution in [0.25, 0.3) is 0 Å². The van der Waals surface area contributed by atoms with E-state index in [4.69, 9.17) is 5.73 Å². The van der Waals surface area contributed by atoms with Gasteiger partial charge in [-0.2, -0.15) is 0 Å². The molecule has 0 spiro atoms. The minimum Gasteiger partial charge on any atom is -0.399 e. The zero-order valence-corrected chi connectivity index (χ0v) is 9.27. The number of allylic oxidation sites excluding steroid dienone is 2. The van der Waals surface area contributed by atoms with Gasteiger partial charge in [-0.15, -0.1) is 12.4 Å². The van der Waals surface area contributed by atoms with Crippen LogP contribution in [0.15, 0.2) is 42.0 Å². The fraction of sp³-hybridized carbons (Fsp3) is 0.273. The molecular weight excluding hydrogens is 182 g/mol. The van der Waals surface area contributed by atoms with E-state index in [1.807, 2.05) is 37.3 Å². The molecule has 1 rings (SSSR count). The van der Waals surface area contributed by atoms with Gasteiger partial charge in [0.25, 0.3) is 0 Å². The van der Waals surface area contributed by atoms with Crippen molar-refractivity contribution in [2.24, 2.45) is 0 Å². The summed E-state index contributed by atoms with van der Waals surface area (Å²) in [7, 11) is 0. The summed E-state index contributed by atoms with van der Waals surface area (Å²) in [5, 5.41) is 0. The van der Waals surface area contributed by atoms with Crippen LogP contribution in [-0.4, -0.2) is 0 Å². The molecule has 0 atom stereocenters. The lowest BCUT2D eigenvalue weighted by Crippen LogP contribution is -1.79. The summed E-state index contributed by atoms with van der Waals surface area (Å²) in [6.45, 7) is 6.20. The van der Waals surface area contributed by atoms with E-state index in [9.17, 15) is 0 Å². The van der Waals surface area contributed by atoms with Crippen molar-refractivity contribution in [1.29, 1.82) is 0 Å². The first-order chi connectivity index (χ1) is 5.66. The SMILES string of the molecule is CC=C(C)C.Cl.Nc1ccccc1. The van der Waals surface area contributed by atoms with E-state index >= 15 is 0 Å². The van der Waals surface area contributed by atoms with Crippen LogP contribution in [0.4, 0.5) is 5.69 Å². The molecule has 2 N–H and O–H groups in total. The normalized spacial score (nSPS) is 7.31. The van der Waals surface area contributed by atoms with Crippen molar-refractivity contribution >= 4 is 18.1 Å². The highest BCUT2D eigenvalue weighted by Crippen LogP contribution is 1.95. The van der Waals surface area contributed by atoms with Crippen molar-refractivity contribution in [1.82, 2.24) is 0 Å². The van der Waals surface area contributed by atoms with Crippen LogP contribution in [0.3, 0.4) is 0 Å². The van der Waals surface area contributed by atoms with Gasteiger partial charge in [-0.1, -0.05) is 29.8 Å². The van der Waals surface area contributed by atoms with E-state index in [0.717, 1.165) is 5.69 Å². The number of hydrogen-bond donors (Lipinski definition) is 1. The number of hydrogen-bond acceptors (Lipinski definition) is 1. The first-order valence-electron chi connectivity index (χ1n) is 4.07. The molecule has 0 radical (unpaired) electrons. The predicted octanol–water partition coefficient (Wildman–Crippen LogP) is 3.66. The van der Waals surface area contributed by atoms with Crippen LogP contribution < -0.4 is 5.73 Å². The van der Waals surface area contributed by atoms with E-state index in [2.05, 4.69) is 19.9 Å². The first-order valence-corrected chi connectivity index (χ1v) is 4.07. The van der Waals surface area contributed by atoms with Gasteiger partial charge in [0.2, 0.25) is 0 Å². The number of halogens is 1. The summed E-state index contributed by atoms with van der Waals surface area (Å²) < 4.78 is 0. The lowest BCUT2D eigenvalue weighted by molar-refractivity contribution is 1.36. The lowest BCUT2D eigenvalue weighted by Gasteiger charge is -1.83. The third-order valence-corrected chi connectivity index (χ3v) is 1.38. The Morgan fingerprint density at radius 2 is 1.54 bits per heavy atom. The standard InChI is InChI=1S/C6H7N.C5H10.ClH/c7-6-4-2-1-3-5-6;1-4-5(2)3;/h1-5H,7H2;4H,1-3H3;1H. The highest BCUT2D eigenvalue weighted by molar-refractivity contribution is 5.85. The maximum Gasteiger partial charge on any atom is 0.0313 e. The smallest absolute Gasteiger partial charge is 0.0313 e. The van der Waals surface area contributed by atoms with Crippen LogP contribution in [0.2, 0.25) is 0 Å². The quantitative estimate of drug-likeness (QED) is 0.501. The number of rotatable bonds is 0. The van der Waals surface area contributed by atoms with Gasteiger partial charge in [-0.3, -0.25) is 0 Å². The molecule has 74 valence electrons. The molecule has 0 aliphatic heterocycles. The highest BCUT2D eigenvalue weighted by atomic mass is 35.5. The van der Waals surface area contributed by atoms with E-state index in [0.29, 0.717) is 0 Å². The van der Waals surface area contributed by atoms with Crippen LogP contribution >= 0.6 is 12.4 Å². The molecule has 0 bridgehead atoms. The van der Waals surface area contributed by atoms with Crippen LogP contribution in [0.5, 0.6) is 0 Å². The van der Waals surface area contributed by atoms with Gasteiger partial charge >= 0.3 is 0 Å². The van der Waals surface area contributed by atoms with Crippen molar-refractivity contribution in [2.75, 3.05) is 5.73 Å². The summed E-state index contributed by atoms with van der Waals surface area (Å²) in [6.07, 6.45) is 2.08. The van der Waals surface area contributed by atoms with Crippen LogP contribution in [0, 0.1) is 0 Å². The third-order valence-electron chi connectivity index (χ3n) is 1.38. The number of anilines is 1. The molecule has 0 unspecified atom stereocenters. The summed E-state index contributed by atoms with van der Waals surface area (Å²) >= 11 is 0. The Hall–Kier alpha value is -0.950. The maximum atomic E-state index is 5.36. The Kier molecular flexibility index (Phi) is 10.2. The summed E-state index contributed by atoms with van der Waals surface area (Å²) in [5.41, 5.74) is 7.56. The zero-order chi connectivity index (χ0) is 9.40. The van der Waals surface area contributed by atoms with E-state index < -0.39 is 0 Å². The Morgan fingerprint density at radius 1 is 1.15 bits per heavy atom. The number of nitrogens with two attached hydrogens (primary N) is 1. The average molecular weight is 200 g/mol. The molecular formula is C11H18ClN. The van der Waals surface area contributed by atoms with E-state index in [1.165, 1.54) is 5.57 Å². The molecule has 0 saturated carbocycles. The van der Waals surface area contributed by atoms with Gasteiger partial charge < -0.3 is 5.73 Å². The van der Waals surface area contributed by atoms with Gasteiger partial charge in [0.15, 0.2) is 0 Å². The summed E-state index contributed by atoms with van der Waals surface area (Å²) in [5.74, 6) is 0. The molecule has 0 aliphatic carbocycles. The monoisotopic (exact) mass is 199 g/mol. The molecule has 1 nitrogen and oxygen atoms in total. The molecule has 2 heteroatoms.